The first-order valence-electron chi connectivity index (χ1n) is 12.3. The molecule has 202 valence electrons. The van der Waals surface area contributed by atoms with E-state index in [4.69, 9.17) is 9.47 Å². The van der Waals surface area contributed by atoms with Gasteiger partial charge >= 0.3 is 5.97 Å². The number of sulfonamides is 1. The Morgan fingerprint density at radius 1 is 1.03 bits per heavy atom. The number of carbonyl (C=O) groups is 2. The maximum Gasteiger partial charge on any atom is 0.338 e. The molecule has 1 N–H and O–H groups in total. The molecule has 1 fully saturated rings. The van der Waals surface area contributed by atoms with Crippen molar-refractivity contribution in [2.75, 3.05) is 38.2 Å². The summed E-state index contributed by atoms with van der Waals surface area (Å²) in [5.41, 5.74) is 4.17. The molecule has 0 aliphatic carbocycles. The molecule has 0 spiro atoms. The third kappa shape index (κ3) is 6.01. The van der Waals surface area contributed by atoms with E-state index in [9.17, 15) is 18.0 Å². The van der Waals surface area contributed by atoms with Gasteiger partial charge in [0.2, 0.25) is 10.0 Å². The molecule has 4 aromatic rings. The van der Waals surface area contributed by atoms with E-state index in [0.717, 1.165) is 20.8 Å². The highest BCUT2D eigenvalue weighted by Gasteiger charge is 2.28. The molecule has 0 saturated carbocycles. The summed E-state index contributed by atoms with van der Waals surface area (Å²) in [6.45, 7) is 4.33. The minimum Gasteiger partial charge on any atom is -0.452 e. The Kier molecular flexibility index (Phi) is 7.76. The number of aryl methyl sites for hydroxylation is 2. The highest BCUT2D eigenvalue weighted by Crippen LogP contribution is 2.31. The largest absolute Gasteiger partial charge is 0.452 e. The van der Waals surface area contributed by atoms with Gasteiger partial charge in [-0.2, -0.15) is 4.31 Å². The Bertz CT molecular complexity index is 1640. The van der Waals surface area contributed by atoms with Gasteiger partial charge in [-0.1, -0.05) is 12.1 Å². The number of hydrogen-bond acceptors (Lipinski definition) is 8. The Morgan fingerprint density at radius 3 is 2.51 bits per heavy atom. The van der Waals surface area contributed by atoms with Gasteiger partial charge in [-0.05, 0) is 73.5 Å². The molecule has 0 radical (unpaired) electrons. The second kappa shape index (κ2) is 11.2. The van der Waals surface area contributed by atoms with Crippen molar-refractivity contribution in [3.8, 4) is 10.6 Å². The van der Waals surface area contributed by atoms with Crippen molar-refractivity contribution < 1.29 is 27.5 Å². The van der Waals surface area contributed by atoms with Crippen LogP contribution in [0.4, 0.5) is 5.69 Å². The third-order valence-corrected chi connectivity index (χ3v) is 9.41. The number of rotatable bonds is 7. The first kappa shape index (κ1) is 26.9. The predicted molar refractivity (Wildman–Crippen MR) is 149 cm³/mol. The third-order valence-electron chi connectivity index (χ3n) is 6.31. The first-order chi connectivity index (χ1) is 18.7. The zero-order chi connectivity index (χ0) is 27.6. The van der Waals surface area contributed by atoms with Crippen LogP contribution < -0.4 is 5.32 Å². The monoisotopic (exact) mass is 565 g/mol. The molecule has 39 heavy (non-hydrogen) atoms. The van der Waals surface area contributed by atoms with E-state index in [0.29, 0.717) is 24.5 Å². The average molecular weight is 566 g/mol. The second-order valence-electron chi connectivity index (χ2n) is 9.19. The van der Waals surface area contributed by atoms with Crippen LogP contribution in [0.25, 0.3) is 20.8 Å². The lowest BCUT2D eigenvalue weighted by Gasteiger charge is -2.26. The summed E-state index contributed by atoms with van der Waals surface area (Å²) in [6, 6.07) is 17.7. The van der Waals surface area contributed by atoms with Gasteiger partial charge in [0.15, 0.2) is 6.61 Å². The highest BCUT2D eigenvalue weighted by molar-refractivity contribution is 7.89. The fourth-order valence-electron chi connectivity index (χ4n) is 4.19. The van der Waals surface area contributed by atoms with Gasteiger partial charge in [0, 0.05) is 24.3 Å². The summed E-state index contributed by atoms with van der Waals surface area (Å²) in [5.74, 6) is -1.30. The lowest BCUT2D eigenvalue weighted by atomic mass is 10.1. The fraction of sp³-hybridized carbons (Fsp3) is 0.250. The highest BCUT2D eigenvalue weighted by atomic mass is 32.2. The molecule has 3 aromatic carbocycles. The summed E-state index contributed by atoms with van der Waals surface area (Å²) in [4.78, 5) is 29.8. The number of thiazole rings is 1. The van der Waals surface area contributed by atoms with Gasteiger partial charge in [-0.3, -0.25) is 4.79 Å². The maximum absolute atomic E-state index is 13.1. The number of esters is 1. The summed E-state index contributed by atoms with van der Waals surface area (Å²) < 4.78 is 39.0. The Labute approximate surface area is 230 Å². The molecule has 1 saturated heterocycles. The number of anilines is 1. The summed E-state index contributed by atoms with van der Waals surface area (Å²) in [7, 11) is -3.79. The molecular formula is C28H27N3O6S2. The number of carbonyl (C=O) groups excluding carboxylic acids is 2. The van der Waals surface area contributed by atoms with Crippen molar-refractivity contribution in [3.05, 3.63) is 77.4 Å². The zero-order valence-corrected chi connectivity index (χ0v) is 23.1. The first-order valence-corrected chi connectivity index (χ1v) is 14.6. The molecular weight excluding hydrogens is 538 g/mol. The SMILES string of the molecule is Cc1ccc2nc(-c3ccc(NC(=O)COC(=O)c4ccc(C)c(S(=O)(=O)N5CCOCC5)c4)cc3)sc2c1. The standard InChI is InChI=1S/C28H27N3O6S2/c1-18-3-10-23-24(15-18)38-27(30-23)20-6-8-22(9-7-20)29-26(32)17-37-28(33)21-5-4-19(2)25(16-21)39(34,35)31-11-13-36-14-12-31/h3-10,15-16H,11-14,17H2,1-2H3,(H,29,32). The second-order valence-corrected chi connectivity index (χ2v) is 12.1. The molecule has 2 heterocycles. The Hall–Kier alpha value is -3.64. The maximum atomic E-state index is 13.1. The van der Waals surface area contributed by atoms with E-state index in [1.54, 1.807) is 36.5 Å². The van der Waals surface area contributed by atoms with Crippen molar-refractivity contribution >= 4 is 49.1 Å². The van der Waals surface area contributed by atoms with Crippen LogP contribution in [0, 0.1) is 13.8 Å². The van der Waals surface area contributed by atoms with E-state index in [1.807, 2.05) is 31.2 Å². The van der Waals surface area contributed by atoms with Gasteiger partial charge in [-0.25, -0.2) is 18.2 Å². The van der Waals surface area contributed by atoms with E-state index in [-0.39, 0.29) is 23.5 Å². The Balaban J connectivity index is 1.20. The number of ether oxygens (including phenoxy) is 2. The molecule has 1 aliphatic heterocycles. The summed E-state index contributed by atoms with van der Waals surface area (Å²) >= 11 is 1.60. The van der Waals surface area contributed by atoms with Crippen LogP contribution >= 0.6 is 11.3 Å². The van der Waals surface area contributed by atoms with Crippen molar-refractivity contribution in [1.29, 1.82) is 0 Å². The smallest absolute Gasteiger partial charge is 0.338 e. The number of hydrogen-bond donors (Lipinski definition) is 1. The summed E-state index contributed by atoms with van der Waals surface area (Å²) in [6.07, 6.45) is 0. The van der Waals surface area contributed by atoms with Gasteiger partial charge in [0.05, 0.1) is 33.9 Å². The Morgan fingerprint density at radius 2 is 1.77 bits per heavy atom. The van der Waals surface area contributed by atoms with E-state index < -0.39 is 28.5 Å². The number of fused-ring (bicyclic) bond motifs is 1. The lowest BCUT2D eigenvalue weighted by Crippen LogP contribution is -2.40. The molecule has 5 rings (SSSR count). The van der Waals surface area contributed by atoms with E-state index in [2.05, 4.69) is 16.4 Å². The van der Waals surface area contributed by atoms with Gasteiger partial charge in [-0.15, -0.1) is 11.3 Å². The minimum atomic E-state index is -3.79. The quantitative estimate of drug-likeness (QED) is 0.331. The van der Waals surface area contributed by atoms with Crippen molar-refractivity contribution in [2.24, 2.45) is 0 Å². The van der Waals surface area contributed by atoms with Crippen LogP contribution in [0.15, 0.2) is 65.6 Å². The van der Waals surface area contributed by atoms with Crippen molar-refractivity contribution in [2.45, 2.75) is 18.7 Å². The molecule has 0 bridgehead atoms. The van der Waals surface area contributed by atoms with Crippen LogP contribution in [0.3, 0.4) is 0 Å². The zero-order valence-electron chi connectivity index (χ0n) is 21.5. The molecule has 9 nitrogen and oxygen atoms in total. The van der Waals surface area contributed by atoms with Crippen LogP contribution in [0.5, 0.6) is 0 Å². The van der Waals surface area contributed by atoms with Gasteiger partial charge in [0.25, 0.3) is 5.91 Å². The molecule has 1 amide bonds. The normalized spacial score (nSPS) is 14.3. The van der Waals surface area contributed by atoms with Crippen LogP contribution in [0.2, 0.25) is 0 Å². The molecule has 0 unspecified atom stereocenters. The fourth-order valence-corrected chi connectivity index (χ4v) is 6.92. The van der Waals surface area contributed by atoms with E-state index in [1.165, 1.54) is 22.0 Å². The molecule has 1 aliphatic rings. The number of morpholine rings is 1. The minimum absolute atomic E-state index is 0.0339. The van der Waals surface area contributed by atoms with Gasteiger partial charge in [0.1, 0.15) is 5.01 Å². The number of aromatic nitrogens is 1. The number of benzene rings is 3. The lowest BCUT2D eigenvalue weighted by molar-refractivity contribution is -0.119. The van der Waals surface area contributed by atoms with Crippen molar-refractivity contribution in [1.82, 2.24) is 9.29 Å². The number of nitrogens with one attached hydrogen (secondary N) is 1. The molecule has 1 aromatic heterocycles. The summed E-state index contributed by atoms with van der Waals surface area (Å²) in [5, 5.41) is 3.59. The average Bonchev–Trinajstić information content (AvgIpc) is 3.36. The van der Waals surface area contributed by atoms with E-state index >= 15 is 0 Å². The number of nitrogens with zero attached hydrogens (tertiary/aromatic N) is 2. The van der Waals surface area contributed by atoms with Crippen molar-refractivity contribution in [3.63, 3.8) is 0 Å². The van der Waals surface area contributed by atoms with Crippen LogP contribution in [-0.4, -0.2) is 62.5 Å². The topological polar surface area (TPSA) is 115 Å². The molecule has 11 heteroatoms. The van der Waals surface area contributed by atoms with Gasteiger partial charge < -0.3 is 14.8 Å². The molecule has 0 atom stereocenters. The van der Waals surface area contributed by atoms with Crippen LogP contribution in [-0.2, 0) is 24.3 Å². The predicted octanol–water partition coefficient (Wildman–Crippen LogP) is 4.40. The van der Waals surface area contributed by atoms with Crippen LogP contribution in [0.1, 0.15) is 21.5 Å². The number of amides is 1.